The Morgan fingerprint density at radius 1 is 0.909 bits per heavy atom. The van der Waals surface area contributed by atoms with Gasteiger partial charge in [-0.3, -0.25) is 14.3 Å². The minimum Gasteiger partial charge on any atom is -0.494 e. The molecule has 5 aromatic rings. The van der Waals surface area contributed by atoms with Gasteiger partial charge in [0, 0.05) is 16.3 Å². The van der Waals surface area contributed by atoms with E-state index in [9.17, 15) is 36.3 Å². The maximum absolute atomic E-state index is 13.4. The van der Waals surface area contributed by atoms with E-state index in [1.54, 1.807) is 24.3 Å². The highest BCUT2D eigenvalue weighted by molar-refractivity contribution is 7.92. The number of aromatic hydroxyl groups is 1. The number of hydrazone groups is 1. The fourth-order valence-electron chi connectivity index (χ4n) is 4.32. The number of nitrogens with zero attached hydrogens (tertiary/aromatic N) is 2. The zero-order valence-corrected chi connectivity index (χ0v) is 23.8. The van der Waals surface area contributed by atoms with E-state index >= 15 is 0 Å². The summed E-state index contributed by atoms with van der Waals surface area (Å²) in [7, 11) is -4.12. The predicted octanol–water partition coefficient (Wildman–Crippen LogP) is 5.93. The van der Waals surface area contributed by atoms with Crippen LogP contribution in [-0.4, -0.2) is 30.2 Å². The third-order valence-corrected chi connectivity index (χ3v) is 8.11. The van der Waals surface area contributed by atoms with E-state index in [1.807, 2.05) is 0 Å². The molecule has 5 rings (SSSR count). The lowest BCUT2D eigenvalue weighted by molar-refractivity contribution is -0.137. The monoisotopic (exact) mass is 640 g/mol. The Kier molecular flexibility index (Phi) is 8.17. The smallest absolute Gasteiger partial charge is 0.416 e. The average molecular weight is 641 g/mol. The van der Waals surface area contributed by atoms with E-state index in [-0.39, 0.29) is 43.2 Å². The number of amides is 1. The molecular formula is C30H20ClF3N4O5S. The number of fused-ring (bicyclic) bond motifs is 1. The highest BCUT2D eigenvalue weighted by Gasteiger charge is 2.31. The molecule has 44 heavy (non-hydrogen) atoms. The van der Waals surface area contributed by atoms with Gasteiger partial charge in [-0.25, -0.2) is 18.4 Å². The Labute approximate surface area is 252 Å². The molecule has 1 heterocycles. The van der Waals surface area contributed by atoms with Crippen LogP contribution >= 0.6 is 11.6 Å². The second-order valence-electron chi connectivity index (χ2n) is 9.28. The number of anilines is 1. The lowest BCUT2D eigenvalue weighted by Crippen LogP contribution is -2.21. The number of alkyl halides is 3. The summed E-state index contributed by atoms with van der Waals surface area (Å²) in [5, 5.41) is 15.4. The summed E-state index contributed by atoms with van der Waals surface area (Å²) in [6.45, 7) is 0. The van der Waals surface area contributed by atoms with Crippen LogP contribution in [-0.2, 0) is 16.2 Å². The van der Waals surface area contributed by atoms with Gasteiger partial charge in [0.05, 0.1) is 38.6 Å². The highest BCUT2D eigenvalue weighted by Crippen LogP contribution is 2.32. The molecule has 4 aromatic carbocycles. The molecule has 0 radical (unpaired) electrons. The van der Waals surface area contributed by atoms with E-state index in [4.69, 9.17) is 11.6 Å². The van der Waals surface area contributed by atoms with Crippen LogP contribution < -0.4 is 15.7 Å². The summed E-state index contributed by atoms with van der Waals surface area (Å²) in [5.41, 5.74) is 0.183. The van der Waals surface area contributed by atoms with Gasteiger partial charge in [0.2, 0.25) is 5.88 Å². The number of hydrogen-bond donors (Lipinski definition) is 3. The van der Waals surface area contributed by atoms with Crippen LogP contribution in [0.15, 0.2) is 112 Å². The van der Waals surface area contributed by atoms with Crippen molar-refractivity contribution in [3.05, 3.63) is 129 Å². The molecule has 0 fully saturated rings. The minimum absolute atomic E-state index is 0.0689. The van der Waals surface area contributed by atoms with Gasteiger partial charge in [-0.2, -0.15) is 18.3 Å². The van der Waals surface area contributed by atoms with E-state index < -0.39 is 39.1 Å². The Bertz CT molecular complexity index is 2110. The van der Waals surface area contributed by atoms with Gasteiger partial charge >= 0.3 is 6.18 Å². The molecule has 0 unspecified atom stereocenters. The van der Waals surface area contributed by atoms with E-state index in [2.05, 4.69) is 15.2 Å². The second-order valence-corrected chi connectivity index (χ2v) is 11.4. The largest absolute Gasteiger partial charge is 0.494 e. The van der Waals surface area contributed by atoms with Gasteiger partial charge in [-0.05, 0) is 54.6 Å². The summed E-state index contributed by atoms with van der Waals surface area (Å²) in [6, 6.07) is 21.2. The summed E-state index contributed by atoms with van der Waals surface area (Å²) in [6.07, 6.45) is -3.67. The number of rotatable bonds is 7. The van der Waals surface area contributed by atoms with Crippen molar-refractivity contribution in [3.63, 3.8) is 0 Å². The Morgan fingerprint density at radius 3 is 2.32 bits per heavy atom. The number of hydrogen-bond acceptors (Lipinski definition) is 6. The summed E-state index contributed by atoms with van der Waals surface area (Å²) in [5.74, 6) is -1.53. The number of sulfonamides is 1. The fraction of sp³-hybridized carbons (Fsp3) is 0.0333. The van der Waals surface area contributed by atoms with Crippen LogP contribution in [0.4, 0.5) is 18.9 Å². The number of benzene rings is 4. The summed E-state index contributed by atoms with van der Waals surface area (Å²) in [4.78, 5) is 25.9. The van der Waals surface area contributed by atoms with Gasteiger partial charge in [-0.1, -0.05) is 54.1 Å². The van der Waals surface area contributed by atoms with Gasteiger partial charge < -0.3 is 5.11 Å². The van der Waals surface area contributed by atoms with Crippen LogP contribution in [0.5, 0.6) is 5.88 Å². The molecule has 14 heteroatoms. The highest BCUT2D eigenvalue weighted by atomic mass is 35.5. The molecule has 1 aromatic heterocycles. The molecule has 9 nitrogen and oxygen atoms in total. The predicted molar refractivity (Wildman–Crippen MR) is 160 cm³/mol. The van der Waals surface area contributed by atoms with Gasteiger partial charge in [0.15, 0.2) is 0 Å². The van der Waals surface area contributed by atoms with Crippen LogP contribution in [0.2, 0.25) is 5.02 Å². The first-order chi connectivity index (χ1) is 20.9. The van der Waals surface area contributed by atoms with Crippen molar-refractivity contribution in [2.24, 2.45) is 5.10 Å². The number of pyridine rings is 1. The number of aromatic nitrogens is 1. The summed E-state index contributed by atoms with van der Waals surface area (Å²) >= 11 is 6.04. The van der Waals surface area contributed by atoms with Crippen molar-refractivity contribution in [3.8, 4) is 11.6 Å². The summed E-state index contributed by atoms with van der Waals surface area (Å²) < 4.78 is 68.9. The maximum atomic E-state index is 13.4. The molecule has 0 saturated carbocycles. The lowest BCUT2D eigenvalue weighted by atomic mass is 10.1. The van der Waals surface area contributed by atoms with E-state index in [0.717, 1.165) is 30.5 Å². The molecule has 0 bridgehead atoms. The molecule has 3 N–H and O–H groups in total. The fourth-order valence-corrected chi connectivity index (χ4v) is 5.69. The normalized spacial score (nSPS) is 12.0. The van der Waals surface area contributed by atoms with Crippen molar-refractivity contribution in [2.45, 2.75) is 11.1 Å². The molecule has 0 aliphatic carbocycles. The first-order valence-corrected chi connectivity index (χ1v) is 14.5. The van der Waals surface area contributed by atoms with Crippen molar-refractivity contribution in [2.75, 3.05) is 4.72 Å². The van der Waals surface area contributed by atoms with Gasteiger partial charge in [-0.15, -0.1) is 0 Å². The van der Waals surface area contributed by atoms with Crippen molar-refractivity contribution >= 4 is 50.2 Å². The number of carbonyl (C=O) groups is 1. The SMILES string of the molecule is O=C(NN=Cc1c(O)n(-c2cccc(C(F)(F)F)c2)c(=O)c2ccccc12)c1cccc(S(=O)(=O)Nc2ccccc2Cl)c1. The molecule has 1 amide bonds. The number of carbonyl (C=O) groups excluding carboxylic acids is 1. The Morgan fingerprint density at radius 2 is 1.59 bits per heavy atom. The molecule has 0 aliphatic heterocycles. The van der Waals surface area contributed by atoms with Gasteiger partial charge in [0.1, 0.15) is 0 Å². The van der Waals surface area contributed by atoms with Crippen molar-refractivity contribution in [1.82, 2.24) is 9.99 Å². The molecule has 0 spiro atoms. The van der Waals surface area contributed by atoms with Crippen molar-refractivity contribution < 1.29 is 31.5 Å². The Balaban J connectivity index is 1.46. The van der Waals surface area contributed by atoms with Crippen LogP contribution in [0.3, 0.4) is 0 Å². The first-order valence-electron chi connectivity index (χ1n) is 12.6. The molecule has 0 aliphatic rings. The second kappa shape index (κ2) is 11.9. The molecular weight excluding hydrogens is 621 g/mol. The minimum atomic E-state index is -4.69. The number of halogens is 4. The maximum Gasteiger partial charge on any atom is 0.416 e. The van der Waals surface area contributed by atoms with E-state index in [0.29, 0.717) is 4.57 Å². The topological polar surface area (TPSA) is 130 Å². The van der Waals surface area contributed by atoms with Crippen LogP contribution in [0, 0.1) is 0 Å². The van der Waals surface area contributed by atoms with Crippen molar-refractivity contribution in [1.29, 1.82) is 0 Å². The molecule has 0 atom stereocenters. The van der Waals surface area contributed by atoms with Crippen LogP contribution in [0.25, 0.3) is 16.5 Å². The standard InChI is InChI=1S/C30H20ClF3N4O5S/c31-25-13-3-4-14-26(25)37-44(42,43)21-10-5-7-18(15-21)27(39)36-35-17-24-22-11-1-2-12-23(22)28(40)38(29(24)41)20-9-6-8-19(16-20)30(32,33)34/h1-17,37,41H,(H,36,39). The molecule has 224 valence electrons. The van der Waals surface area contributed by atoms with Crippen LogP contribution in [0.1, 0.15) is 21.5 Å². The zero-order valence-electron chi connectivity index (χ0n) is 22.2. The average Bonchev–Trinajstić information content (AvgIpc) is 3.00. The lowest BCUT2D eigenvalue weighted by Gasteiger charge is -2.15. The third kappa shape index (κ3) is 6.14. The number of nitrogens with one attached hydrogen (secondary N) is 2. The van der Waals surface area contributed by atoms with Gasteiger partial charge in [0.25, 0.3) is 21.5 Å². The quantitative estimate of drug-likeness (QED) is 0.150. The number of para-hydroxylation sites is 1. The Hall–Kier alpha value is -5.14. The van der Waals surface area contributed by atoms with E-state index in [1.165, 1.54) is 48.5 Å². The molecule has 0 saturated heterocycles. The third-order valence-electron chi connectivity index (χ3n) is 6.42. The zero-order chi connectivity index (χ0) is 31.6. The first kappa shape index (κ1) is 30.3.